The second kappa shape index (κ2) is 7.25. The van der Waals surface area contributed by atoms with Crippen LogP contribution < -0.4 is 10.6 Å². The molecule has 0 spiro atoms. The van der Waals surface area contributed by atoms with Crippen LogP contribution in [0.2, 0.25) is 0 Å². The van der Waals surface area contributed by atoms with Gasteiger partial charge in [0, 0.05) is 24.6 Å². The molecular formula is C17H24N2O2. The summed E-state index contributed by atoms with van der Waals surface area (Å²) in [5, 5.41) is 5.74. The number of hydrogen-bond donors (Lipinski definition) is 2. The molecule has 0 aromatic heterocycles. The van der Waals surface area contributed by atoms with E-state index in [1.165, 1.54) is 5.56 Å². The molecule has 0 saturated heterocycles. The molecule has 1 fully saturated rings. The highest BCUT2D eigenvalue weighted by atomic mass is 16.2. The molecule has 0 atom stereocenters. The molecular weight excluding hydrogens is 264 g/mol. The number of amides is 2. The summed E-state index contributed by atoms with van der Waals surface area (Å²) < 4.78 is 0. The van der Waals surface area contributed by atoms with Crippen molar-refractivity contribution in [1.82, 2.24) is 5.32 Å². The highest BCUT2D eigenvalue weighted by Gasteiger charge is 2.28. The number of carbonyl (C=O) groups is 2. The van der Waals surface area contributed by atoms with E-state index in [1.54, 1.807) is 0 Å². The van der Waals surface area contributed by atoms with Gasteiger partial charge in [-0.05, 0) is 42.9 Å². The molecule has 1 aliphatic carbocycles. The van der Waals surface area contributed by atoms with Gasteiger partial charge in [0.15, 0.2) is 0 Å². The van der Waals surface area contributed by atoms with E-state index in [-0.39, 0.29) is 17.7 Å². The van der Waals surface area contributed by atoms with E-state index in [1.807, 2.05) is 24.3 Å². The minimum absolute atomic E-state index is 0.00651. The van der Waals surface area contributed by atoms with Crippen LogP contribution in [0.5, 0.6) is 0 Å². The topological polar surface area (TPSA) is 58.2 Å². The molecule has 1 saturated carbocycles. The molecule has 114 valence electrons. The summed E-state index contributed by atoms with van der Waals surface area (Å²) in [6.07, 6.45) is 3.13. The monoisotopic (exact) mass is 288 g/mol. The zero-order valence-electron chi connectivity index (χ0n) is 12.8. The van der Waals surface area contributed by atoms with E-state index in [0.717, 1.165) is 18.5 Å². The fourth-order valence-corrected chi connectivity index (χ4v) is 2.13. The van der Waals surface area contributed by atoms with E-state index in [2.05, 4.69) is 24.5 Å². The molecule has 1 aliphatic rings. The quantitative estimate of drug-likeness (QED) is 0.758. The lowest BCUT2D eigenvalue weighted by atomic mass is 10.0. The van der Waals surface area contributed by atoms with Crippen LogP contribution in [0.15, 0.2) is 24.3 Å². The number of rotatable bonds is 7. The van der Waals surface area contributed by atoms with Gasteiger partial charge in [0.2, 0.25) is 11.8 Å². The molecule has 0 bridgehead atoms. The Morgan fingerprint density at radius 3 is 2.43 bits per heavy atom. The molecule has 0 heterocycles. The first-order valence-corrected chi connectivity index (χ1v) is 7.74. The van der Waals surface area contributed by atoms with Gasteiger partial charge in [-0.1, -0.05) is 26.0 Å². The van der Waals surface area contributed by atoms with Crippen LogP contribution in [-0.4, -0.2) is 18.4 Å². The third-order valence-corrected chi connectivity index (χ3v) is 3.69. The van der Waals surface area contributed by atoms with Crippen LogP contribution in [0.3, 0.4) is 0 Å². The second-order valence-corrected chi connectivity index (χ2v) is 5.99. The zero-order chi connectivity index (χ0) is 15.2. The van der Waals surface area contributed by atoms with Gasteiger partial charge in [0.05, 0.1) is 0 Å². The van der Waals surface area contributed by atoms with Gasteiger partial charge in [-0.25, -0.2) is 0 Å². The lowest BCUT2D eigenvalue weighted by Crippen LogP contribution is -2.26. The Balaban J connectivity index is 1.65. The minimum atomic E-state index is -0.00651. The minimum Gasteiger partial charge on any atom is -0.356 e. The average molecular weight is 288 g/mol. The largest absolute Gasteiger partial charge is 0.356 e. The van der Waals surface area contributed by atoms with Crippen LogP contribution in [0, 0.1) is 5.92 Å². The van der Waals surface area contributed by atoms with Crippen molar-refractivity contribution in [3.8, 4) is 0 Å². The molecule has 0 aliphatic heterocycles. The first-order chi connectivity index (χ1) is 10.1. The number of carbonyl (C=O) groups excluding carboxylic acids is 2. The average Bonchev–Trinajstić information content (AvgIpc) is 3.28. The van der Waals surface area contributed by atoms with Crippen LogP contribution in [-0.2, 0) is 9.59 Å². The summed E-state index contributed by atoms with van der Waals surface area (Å²) in [5.74, 6) is 0.857. The van der Waals surface area contributed by atoms with Crippen molar-refractivity contribution in [2.24, 2.45) is 5.92 Å². The molecule has 2 amide bonds. The summed E-state index contributed by atoms with van der Waals surface area (Å²) in [5.41, 5.74) is 2.09. The molecule has 4 heteroatoms. The Morgan fingerprint density at radius 2 is 1.86 bits per heavy atom. The van der Waals surface area contributed by atoms with Crippen molar-refractivity contribution < 1.29 is 9.59 Å². The standard InChI is InChI=1S/C17H24N2O2/c1-12(2)13-7-9-15(10-8-13)19-16(20)4-3-11-18-17(21)14-5-6-14/h7-10,12,14H,3-6,11H2,1-2H3,(H,18,21)(H,19,20). The van der Waals surface area contributed by atoms with Gasteiger partial charge in [-0.3, -0.25) is 9.59 Å². The maximum Gasteiger partial charge on any atom is 0.224 e. The highest BCUT2D eigenvalue weighted by Crippen LogP contribution is 2.28. The molecule has 2 rings (SSSR count). The van der Waals surface area contributed by atoms with Crippen LogP contribution in [0.4, 0.5) is 5.69 Å². The number of anilines is 1. The Hall–Kier alpha value is -1.84. The van der Waals surface area contributed by atoms with Gasteiger partial charge in [0.25, 0.3) is 0 Å². The van der Waals surface area contributed by atoms with E-state index in [0.29, 0.717) is 25.3 Å². The Morgan fingerprint density at radius 1 is 1.19 bits per heavy atom. The first-order valence-electron chi connectivity index (χ1n) is 7.74. The van der Waals surface area contributed by atoms with Crippen molar-refractivity contribution in [3.05, 3.63) is 29.8 Å². The molecule has 4 nitrogen and oxygen atoms in total. The van der Waals surface area contributed by atoms with Gasteiger partial charge in [0.1, 0.15) is 0 Å². The van der Waals surface area contributed by atoms with Crippen LogP contribution >= 0.6 is 0 Å². The third kappa shape index (κ3) is 5.21. The third-order valence-electron chi connectivity index (χ3n) is 3.69. The van der Waals surface area contributed by atoms with Crippen molar-refractivity contribution in [3.63, 3.8) is 0 Å². The van der Waals surface area contributed by atoms with E-state index in [9.17, 15) is 9.59 Å². The Labute approximate surface area is 126 Å². The number of nitrogens with one attached hydrogen (secondary N) is 2. The summed E-state index contributed by atoms with van der Waals surface area (Å²) in [6, 6.07) is 7.94. The fraction of sp³-hybridized carbons (Fsp3) is 0.529. The molecule has 1 aromatic rings. The smallest absolute Gasteiger partial charge is 0.224 e. The fourth-order valence-electron chi connectivity index (χ4n) is 2.13. The van der Waals surface area contributed by atoms with E-state index < -0.39 is 0 Å². The maximum atomic E-state index is 11.8. The van der Waals surface area contributed by atoms with Crippen molar-refractivity contribution in [2.75, 3.05) is 11.9 Å². The Bertz CT molecular complexity index is 490. The number of hydrogen-bond acceptors (Lipinski definition) is 2. The van der Waals surface area contributed by atoms with Crippen LogP contribution in [0.25, 0.3) is 0 Å². The van der Waals surface area contributed by atoms with Crippen molar-refractivity contribution in [1.29, 1.82) is 0 Å². The molecule has 21 heavy (non-hydrogen) atoms. The molecule has 0 radical (unpaired) electrons. The lowest BCUT2D eigenvalue weighted by Gasteiger charge is -2.08. The van der Waals surface area contributed by atoms with Gasteiger partial charge >= 0.3 is 0 Å². The molecule has 2 N–H and O–H groups in total. The summed E-state index contributed by atoms with van der Waals surface area (Å²) in [7, 11) is 0. The van der Waals surface area contributed by atoms with E-state index in [4.69, 9.17) is 0 Å². The SMILES string of the molecule is CC(C)c1ccc(NC(=O)CCCNC(=O)C2CC2)cc1. The number of benzene rings is 1. The van der Waals surface area contributed by atoms with Gasteiger partial charge in [-0.2, -0.15) is 0 Å². The van der Waals surface area contributed by atoms with E-state index >= 15 is 0 Å². The normalized spacial score (nSPS) is 14.0. The second-order valence-electron chi connectivity index (χ2n) is 5.99. The van der Waals surface area contributed by atoms with Gasteiger partial charge < -0.3 is 10.6 Å². The lowest BCUT2D eigenvalue weighted by molar-refractivity contribution is -0.122. The first kappa shape index (κ1) is 15.5. The highest BCUT2D eigenvalue weighted by molar-refractivity contribution is 5.90. The van der Waals surface area contributed by atoms with Crippen molar-refractivity contribution >= 4 is 17.5 Å². The predicted octanol–water partition coefficient (Wildman–Crippen LogP) is 3.05. The predicted molar refractivity (Wildman–Crippen MR) is 84.1 cm³/mol. The molecule has 1 aromatic carbocycles. The Kier molecular flexibility index (Phi) is 5.37. The maximum absolute atomic E-state index is 11.8. The summed E-state index contributed by atoms with van der Waals surface area (Å²) >= 11 is 0. The van der Waals surface area contributed by atoms with Crippen molar-refractivity contribution in [2.45, 2.75) is 45.4 Å². The molecule has 0 unspecified atom stereocenters. The summed E-state index contributed by atoms with van der Waals surface area (Å²) in [6.45, 7) is 4.86. The zero-order valence-corrected chi connectivity index (χ0v) is 12.8. The van der Waals surface area contributed by atoms with Crippen LogP contribution in [0.1, 0.15) is 51.0 Å². The summed E-state index contributed by atoms with van der Waals surface area (Å²) in [4.78, 5) is 23.2. The van der Waals surface area contributed by atoms with Gasteiger partial charge in [-0.15, -0.1) is 0 Å².